The van der Waals surface area contributed by atoms with Crippen LogP contribution < -0.4 is 0 Å². The topological polar surface area (TPSA) is 77.0 Å². The molecule has 0 spiro atoms. The quantitative estimate of drug-likeness (QED) is 0.733. The third-order valence-electron chi connectivity index (χ3n) is 3.37. The highest BCUT2D eigenvalue weighted by Gasteiger charge is 2.22. The second-order valence-corrected chi connectivity index (χ2v) is 6.22. The van der Waals surface area contributed by atoms with Gasteiger partial charge < -0.3 is 4.74 Å². The lowest BCUT2D eigenvalue weighted by Crippen LogP contribution is -2.26. The molecule has 3 aromatic rings. The number of nitrogens with zero attached hydrogens (tertiary/aromatic N) is 2. The molecule has 0 aliphatic heterocycles. The summed E-state index contributed by atoms with van der Waals surface area (Å²) in [6.07, 6.45) is 3.58. The monoisotopic (exact) mass is 311 g/mol. The number of H-pyrrole nitrogens is 1. The molecule has 0 amide bonds. The number of ether oxygens (including phenoxy) is 1. The zero-order valence-electron chi connectivity index (χ0n) is 13.2. The molecule has 1 N–H and O–H groups in total. The number of aromatic nitrogens is 3. The van der Waals surface area contributed by atoms with Crippen molar-refractivity contribution in [2.75, 3.05) is 0 Å². The van der Waals surface area contributed by atoms with E-state index in [9.17, 15) is 9.59 Å². The van der Waals surface area contributed by atoms with Gasteiger partial charge in [-0.2, -0.15) is 5.10 Å². The first-order valence-corrected chi connectivity index (χ1v) is 7.23. The summed E-state index contributed by atoms with van der Waals surface area (Å²) in [7, 11) is 0. The summed E-state index contributed by atoms with van der Waals surface area (Å²) in [5.74, 6) is 0. The van der Waals surface area contributed by atoms with Crippen molar-refractivity contribution in [3.05, 3.63) is 42.2 Å². The normalized spacial score (nSPS) is 11.6. The summed E-state index contributed by atoms with van der Waals surface area (Å²) in [5.41, 5.74) is 1.98. The molecule has 0 saturated carbocycles. The van der Waals surface area contributed by atoms with Crippen LogP contribution in [0.4, 0.5) is 4.79 Å². The van der Waals surface area contributed by atoms with Crippen molar-refractivity contribution in [3.8, 4) is 11.3 Å². The number of carbonyl (C=O) groups excluding carboxylic acids is 2. The summed E-state index contributed by atoms with van der Waals surface area (Å²) in [6.45, 7) is 5.43. The summed E-state index contributed by atoms with van der Waals surface area (Å²) >= 11 is 0. The highest BCUT2D eigenvalue weighted by atomic mass is 16.6. The van der Waals surface area contributed by atoms with E-state index in [0.29, 0.717) is 16.5 Å². The highest BCUT2D eigenvalue weighted by molar-refractivity contribution is 6.08. The van der Waals surface area contributed by atoms with Crippen LogP contribution in [0.15, 0.2) is 36.7 Å². The summed E-state index contributed by atoms with van der Waals surface area (Å²) < 4.78 is 6.87. The maximum Gasteiger partial charge on any atom is 0.419 e. The van der Waals surface area contributed by atoms with Crippen molar-refractivity contribution in [2.24, 2.45) is 0 Å². The maximum absolute atomic E-state index is 12.5. The number of rotatable bonds is 2. The molecule has 1 aromatic carbocycles. The van der Waals surface area contributed by atoms with Gasteiger partial charge in [0.05, 0.1) is 11.2 Å². The molecule has 6 heteroatoms. The lowest BCUT2D eigenvalue weighted by atomic mass is 10.1. The minimum absolute atomic E-state index is 0.490. The fraction of sp³-hybridized carbons (Fsp3) is 0.235. The van der Waals surface area contributed by atoms with Crippen LogP contribution in [0.25, 0.3) is 22.2 Å². The van der Waals surface area contributed by atoms with E-state index in [-0.39, 0.29) is 0 Å². The molecule has 0 fully saturated rings. The van der Waals surface area contributed by atoms with Gasteiger partial charge in [-0.3, -0.25) is 14.5 Å². The SMILES string of the molecule is CC(C)(C)OC(=O)n1cc(-c2ccn[nH]2)c2c(C=O)cccc21. The Hall–Kier alpha value is -2.89. The van der Waals surface area contributed by atoms with E-state index in [0.717, 1.165) is 17.5 Å². The van der Waals surface area contributed by atoms with E-state index in [1.54, 1.807) is 36.7 Å². The first kappa shape index (κ1) is 15.0. The lowest BCUT2D eigenvalue weighted by Gasteiger charge is -2.19. The Morgan fingerprint density at radius 3 is 2.70 bits per heavy atom. The summed E-state index contributed by atoms with van der Waals surface area (Å²) in [5, 5.41) is 7.49. The molecular formula is C17H17N3O3. The van der Waals surface area contributed by atoms with Crippen molar-refractivity contribution >= 4 is 23.3 Å². The second-order valence-electron chi connectivity index (χ2n) is 6.22. The van der Waals surface area contributed by atoms with E-state index in [1.807, 2.05) is 20.8 Å². The number of hydrogen-bond donors (Lipinski definition) is 1. The van der Waals surface area contributed by atoms with Crippen molar-refractivity contribution < 1.29 is 14.3 Å². The fourth-order valence-electron chi connectivity index (χ4n) is 2.49. The van der Waals surface area contributed by atoms with Gasteiger partial charge in [-0.15, -0.1) is 0 Å². The molecule has 0 aliphatic rings. The van der Waals surface area contributed by atoms with Crippen LogP contribution in [0.2, 0.25) is 0 Å². The highest BCUT2D eigenvalue weighted by Crippen LogP contribution is 2.32. The first-order chi connectivity index (χ1) is 10.9. The van der Waals surface area contributed by atoms with E-state index in [1.165, 1.54) is 4.57 Å². The van der Waals surface area contributed by atoms with Crippen LogP contribution in [-0.2, 0) is 4.74 Å². The predicted octanol–water partition coefficient (Wildman–Crippen LogP) is 3.63. The largest absolute Gasteiger partial charge is 0.443 e. The molecule has 0 bridgehead atoms. The zero-order valence-corrected chi connectivity index (χ0v) is 13.2. The molecule has 2 aromatic heterocycles. The number of nitrogens with one attached hydrogen (secondary N) is 1. The number of benzene rings is 1. The third-order valence-corrected chi connectivity index (χ3v) is 3.37. The first-order valence-electron chi connectivity index (χ1n) is 7.23. The van der Waals surface area contributed by atoms with E-state index < -0.39 is 11.7 Å². The molecule has 2 heterocycles. The minimum atomic E-state index is -0.607. The molecule has 6 nitrogen and oxygen atoms in total. The van der Waals surface area contributed by atoms with E-state index in [2.05, 4.69) is 10.2 Å². The van der Waals surface area contributed by atoms with Crippen molar-refractivity contribution in [3.63, 3.8) is 0 Å². The van der Waals surface area contributed by atoms with Crippen molar-refractivity contribution in [1.82, 2.24) is 14.8 Å². The Bertz CT molecular complexity index is 871. The van der Waals surface area contributed by atoms with Crippen LogP contribution in [-0.4, -0.2) is 32.7 Å². The minimum Gasteiger partial charge on any atom is -0.443 e. The van der Waals surface area contributed by atoms with Gasteiger partial charge in [0.1, 0.15) is 5.60 Å². The van der Waals surface area contributed by atoms with Gasteiger partial charge in [0, 0.05) is 28.9 Å². The second kappa shape index (κ2) is 5.39. The molecule has 0 atom stereocenters. The standard InChI is InChI=1S/C17H17N3O3/c1-17(2,3)23-16(22)20-9-12(13-7-8-18-19-13)15-11(10-21)5-4-6-14(15)20/h4-10H,1-3H3,(H,18,19). The van der Waals surface area contributed by atoms with Gasteiger partial charge in [0.15, 0.2) is 6.29 Å². The molecule has 0 unspecified atom stereocenters. The van der Waals surface area contributed by atoms with Crippen LogP contribution in [0.1, 0.15) is 31.1 Å². The molecule has 118 valence electrons. The van der Waals surface area contributed by atoms with Gasteiger partial charge in [0.25, 0.3) is 0 Å². The Morgan fingerprint density at radius 1 is 1.30 bits per heavy atom. The maximum atomic E-state index is 12.5. The average Bonchev–Trinajstić information content (AvgIpc) is 3.11. The van der Waals surface area contributed by atoms with E-state index >= 15 is 0 Å². The Morgan fingerprint density at radius 2 is 2.09 bits per heavy atom. The van der Waals surface area contributed by atoms with Crippen molar-refractivity contribution in [2.45, 2.75) is 26.4 Å². The number of hydrogen-bond acceptors (Lipinski definition) is 4. The summed E-state index contributed by atoms with van der Waals surface area (Å²) in [4.78, 5) is 23.9. The van der Waals surface area contributed by atoms with Gasteiger partial charge in [-0.05, 0) is 32.9 Å². The molecule has 0 saturated heterocycles. The number of carbonyl (C=O) groups is 2. The zero-order chi connectivity index (χ0) is 16.6. The smallest absolute Gasteiger partial charge is 0.419 e. The number of aromatic amines is 1. The van der Waals surface area contributed by atoms with Crippen LogP contribution in [0, 0.1) is 0 Å². The molecular weight excluding hydrogens is 294 g/mol. The van der Waals surface area contributed by atoms with E-state index in [4.69, 9.17) is 4.74 Å². The fourth-order valence-corrected chi connectivity index (χ4v) is 2.49. The Labute approximate surface area is 133 Å². The third kappa shape index (κ3) is 2.75. The molecule has 3 rings (SSSR count). The molecule has 0 aliphatic carbocycles. The van der Waals surface area contributed by atoms with Gasteiger partial charge in [-0.1, -0.05) is 12.1 Å². The predicted molar refractivity (Wildman–Crippen MR) is 86.5 cm³/mol. The molecule has 0 radical (unpaired) electrons. The van der Waals surface area contributed by atoms with Crippen molar-refractivity contribution in [1.29, 1.82) is 0 Å². The Kier molecular flexibility index (Phi) is 3.52. The number of aldehydes is 1. The lowest BCUT2D eigenvalue weighted by molar-refractivity contribution is 0.0544. The Balaban J connectivity index is 2.24. The van der Waals surface area contributed by atoms with Gasteiger partial charge >= 0.3 is 6.09 Å². The van der Waals surface area contributed by atoms with Gasteiger partial charge in [-0.25, -0.2) is 4.79 Å². The molecule has 23 heavy (non-hydrogen) atoms. The number of fused-ring (bicyclic) bond motifs is 1. The van der Waals surface area contributed by atoms with Crippen LogP contribution in [0.3, 0.4) is 0 Å². The van der Waals surface area contributed by atoms with Gasteiger partial charge in [0.2, 0.25) is 0 Å². The summed E-state index contributed by atoms with van der Waals surface area (Å²) in [6, 6.07) is 7.03. The average molecular weight is 311 g/mol. The van der Waals surface area contributed by atoms with Crippen LogP contribution >= 0.6 is 0 Å². The van der Waals surface area contributed by atoms with Crippen LogP contribution in [0.5, 0.6) is 0 Å².